The van der Waals surface area contributed by atoms with Gasteiger partial charge >= 0.3 is 0 Å². The van der Waals surface area contributed by atoms with Gasteiger partial charge in [-0.15, -0.1) is 0 Å². The summed E-state index contributed by atoms with van der Waals surface area (Å²) in [5.41, 5.74) is 4.03. The van der Waals surface area contributed by atoms with Crippen molar-refractivity contribution in [2.24, 2.45) is 0 Å². The average Bonchev–Trinajstić information content (AvgIpc) is 2.20. The number of rotatable bonds is 3. The Balaban J connectivity index is 2.85. The van der Waals surface area contributed by atoms with E-state index in [0.29, 0.717) is 5.56 Å². The van der Waals surface area contributed by atoms with E-state index >= 15 is 0 Å². The minimum Gasteiger partial charge on any atom is -0.380 e. The van der Waals surface area contributed by atoms with E-state index in [0.717, 1.165) is 17.8 Å². The molecule has 0 unspecified atom stereocenters. The highest BCUT2D eigenvalue weighted by atomic mass is 14.9. The fourth-order valence-electron chi connectivity index (χ4n) is 1.35. The molecule has 0 aliphatic heterocycles. The van der Waals surface area contributed by atoms with Crippen LogP contribution < -0.4 is 5.32 Å². The van der Waals surface area contributed by atoms with Gasteiger partial charge in [0.15, 0.2) is 0 Å². The van der Waals surface area contributed by atoms with Crippen LogP contribution in [0.4, 0.5) is 5.69 Å². The molecule has 0 atom stereocenters. The number of para-hydroxylation sites is 1. The van der Waals surface area contributed by atoms with Crippen LogP contribution in [0, 0.1) is 18.3 Å². The fourth-order valence-corrected chi connectivity index (χ4v) is 1.35. The summed E-state index contributed by atoms with van der Waals surface area (Å²) < 4.78 is 0. The second-order valence-corrected chi connectivity index (χ2v) is 3.77. The third-order valence-corrected chi connectivity index (χ3v) is 2.18. The van der Waals surface area contributed by atoms with Gasteiger partial charge in [-0.1, -0.05) is 23.8 Å². The molecule has 0 heterocycles. The molecule has 2 nitrogen and oxygen atoms in total. The second kappa shape index (κ2) is 5.21. The lowest BCUT2D eigenvalue weighted by Crippen LogP contribution is -2.02. The van der Waals surface area contributed by atoms with Crippen LogP contribution in [0.5, 0.6) is 0 Å². The van der Waals surface area contributed by atoms with Gasteiger partial charge in [0, 0.05) is 6.54 Å². The van der Waals surface area contributed by atoms with Gasteiger partial charge in [-0.2, -0.15) is 5.26 Å². The first-order valence-corrected chi connectivity index (χ1v) is 5.02. The van der Waals surface area contributed by atoms with Gasteiger partial charge in [0.1, 0.15) is 6.07 Å². The van der Waals surface area contributed by atoms with Crippen molar-refractivity contribution in [3.05, 3.63) is 41.0 Å². The average molecular weight is 200 g/mol. The summed E-state index contributed by atoms with van der Waals surface area (Å²) in [5, 5.41) is 12.2. The second-order valence-electron chi connectivity index (χ2n) is 3.77. The first-order valence-electron chi connectivity index (χ1n) is 5.02. The highest BCUT2D eigenvalue weighted by Crippen LogP contribution is 2.19. The maximum atomic E-state index is 8.95. The highest BCUT2D eigenvalue weighted by Gasteiger charge is 2.02. The lowest BCUT2D eigenvalue weighted by Gasteiger charge is -2.09. The molecule has 0 aromatic heterocycles. The van der Waals surface area contributed by atoms with Crippen molar-refractivity contribution >= 4 is 5.69 Å². The zero-order valence-corrected chi connectivity index (χ0v) is 9.46. The van der Waals surface area contributed by atoms with Gasteiger partial charge < -0.3 is 5.32 Å². The molecule has 0 saturated heterocycles. The molecule has 0 spiro atoms. The molecule has 2 heteroatoms. The summed E-state index contributed by atoms with van der Waals surface area (Å²) in [6.45, 7) is 6.89. The number of anilines is 1. The summed E-state index contributed by atoms with van der Waals surface area (Å²) in [5.74, 6) is 0. The van der Waals surface area contributed by atoms with Crippen LogP contribution in [-0.2, 0) is 0 Å². The predicted molar refractivity (Wildman–Crippen MR) is 63.8 cm³/mol. The molecule has 1 aromatic carbocycles. The van der Waals surface area contributed by atoms with Crippen molar-refractivity contribution in [3.63, 3.8) is 0 Å². The molecule has 0 fully saturated rings. The molecule has 1 rings (SSSR count). The van der Waals surface area contributed by atoms with Gasteiger partial charge in [-0.25, -0.2) is 0 Å². The van der Waals surface area contributed by atoms with E-state index in [1.165, 1.54) is 5.57 Å². The van der Waals surface area contributed by atoms with Crippen LogP contribution in [-0.4, -0.2) is 6.54 Å². The Bertz CT molecular complexity index is 407. The van der Waals surface area contributed by atoms with Gasteiger partial charge in [0.2, 0.25) is 0 Å². The molecule has 0 bridgehead atoms. The van der Waals surface area contributed by atoms with Crippen LogP contribution in [0.15, 0.2) is 29.8 Å². The van der Waals surface area contributed by atoms with Gasteiger partial charge in [0.05, 0.1) is 11.3 Å². The van der Waals surface area contributed by atoms with E-state index in [9.17, 15) is 0 Å². The molecule has 78 valence electrons. The molecule has 0 amide bonds. The van der Waals surface area contributed by atoms with Gasteiger partial charge in [0.25, 0.3) is 0 Å². The Kier molecular flexibility index (Phi) is 3.93. The zero-order valence-electron chi connectivity index (χ0n) is 9.46. The summed E-state index contributed by atoms with van der Waals surface area (Å²) in [6.07, 6.45) is 2.10. The number of benzene rings is 1. The van der Waals surface area contributed by atoms with Crippen molar-refractivity contribution in [2.75, 3.05) is 11.9 Å². The standard InChI is InChI=1S/C13H16N2/c1-10(2)7-8-15-13-11(3)5-4-6-12(13)9-14/h4-7,15H,8H2,1-3H3. The molecule has 0 aliphatic carbocycles. The molecular formula is C13H16N2. The zero-order chi connectivity index (χ0) is 11.3. The summed E-state index contributed by atoms with van der Waals surface area (Å²) >= 11 is 0. The Morgan fingerprint density at radius 1 is 1.47 bits per heavy atom. The van der Waals surface area contributed by atoms with E-state index in [4.69, 9.17) is 5.26 Å². The Labute approximate surface area is 91.2 Å². The van der Waals surface area contributed by atoms with Crippen molar-refractivity contribution in [2.45, 2.75) is 20.8 Å². The Hall–Kier alpha value is -1.75. The lowest BCUT2D eigenvalue weighted by atomic mass is 10.1. The molecule has 0 saturated carbocycles. The summed E-state index contributed by atoms with van der Waals surface area (Å²) in [6, 6.07) is 7.93. The SMILES string of the molecule is CC(C)=CCNc1c(C)cccc1C#N. The van der Waals surface area contributed by atoms with Crippen LogP contribution in [0.2, 0.25) is 0 Å². The van der Waals surface area contributed by atoms with Crippen molar-refractivity contribution in [1.82, 2.24) is 0 Å². The minimum atomic E-state index is 0.706. The minimum absolute atomic E-state index is 0.706. The van der Waals surface area contributed by atoms with Crippen LogP contribution >= 0.6 is 0 Å². The van der Waals surface area contributed by atoms with E-state index < -0.39 is 0 Å². The first-order chi connectivity index (χ1) is 7.15. The number of hydrogen-bond donors (Lipinski definition) is 1. The smallest absolute Gasteiger partial charge is 0.101 e. The number of nitriles is 1. The molecule has 0 radical (unpaired) electrons. The van der Waals surface area contributed by atoms with E-state index in [1.807, 2.05) is 25.1 Å². The Morgan fingerprint density at radius 2 is 2.20 bits per heavy atom. The fraction of sp³-hybridized carbons (Fsp3) is 0.308. The van der Waals surface area contributed by atoms with Crippen molar-refractivity contribution in [1.29, 1.82) is 5.26 Å². The molecule has 15 heavy (non-hydrogen) atoms. The summed E-state index contributed by atoms with van der Waals surface area (Å²) in [4.78, 5) is 0. The number of hydrogen-bond acceptors (Lipinski definition) is 2. The largest absolute Gasteiger partial charge is 0.380 e. The van der Waals surface area contributed by atoms with E-state index in [1.54, 1.807) is 0 Å². The van der Waals surface area contributed by atoms with Crippen molar-refractivity contribution in [3.8, 4) is 6.07 Å². The highest BCUT2D eigenvalue weighted by molar-refractivity contribution is 5.62. The van der Waals surface area contributed by atoms with Crippen LogP contribution in [0.3, 0.4) is 0 Å². The quantitative estimate of drug-likeness (QED) is 0.760. The molecule has 1 N–H and O–H groups in total. The monoisotopic (exact) mass is 200 g/mol. The topological polar surface area (TPSA) is 35.8 Å². The first kappa shape index (κ1) is 11.3. The maximum Gasteiger partial charge on any atom is 0.101 e. The third kappa shape index (κ3) is 3.14. The van der Waals surface area contributed by atoms with Crippen molar-refractivity contribution < 1.29 is 0 Å². The predicted octanol–water partition coefficient (Wildman–Crippen LogP) is 3.24. The molecular weight excluding hydrogens is 184 g/mol. The summed E-state index contributed by atoms with van der Waals surface area (Å²) in [7, 11) is 0. The van der Waals surface area contributed by atoms with E-state index in [2.05, 4.69) is 31.3 Å². The van der Waals surface area contributed by atoms with Crippen LogP contribution in [0.25, 0.3) is 0 Å². The van der Waals surface area contributed by atoms with Gasteiger partial charge in [-0.05, 0) is 32.4 Å². The van der Waals surface area contributed by atoms with Gasteiger partial charge in [-0.3, -0.25) is 0 Å². The maximum absolute atomic E-state index is 8.95. The molecule has 1 aromatic rings. The number of nitrogens with one attached hydrogen (secondary N) is 1. The third-order valence-electron chi connectivity index (χ3n) is 2.18. The lowest BCUT2D eigenvalue weighted by molar-refractivity contribution is 1.24. The van der Waals surface area contributed by atoms with E-state index in [-0.39, 0.29) is 0 Å². The van der Waals surface area contributed by atoms with Crippen LogP contribution in [0.1, 0.15) is 25.0 Å². The number of allylic oxidation sites excluding steroid dienone is 1. The normalized spacial score (nSPS) is 9.20. The number of nitrogens with zero attached hydrogens (tertiary/aromatic N) is 1. The number of aryl methyl sites for hydroxylation is 1. The Morgan fingerprint density at radius 3 is 2.80 bits per heavy atom. The molecule has 0 aliphatic rings.